The summed E-state index contributed by atoms with van der Waals surface area (Å²) in [6.45, 7) is 0.604. The van der Waals surface area contributed by atoms with Crippen LogP contribution in [0.25, 0.3) is 10.8 Å². The second-order valence-electron chi connectivity index (χ2n) is 3.59. The average molecular weight is 231 g/mol. The molecular weight excluding hydrogens is 218 g/mol. The summed E-state index contributed by atoms with van der Waals surface area (Å²) < 4.78 is 5.44. The molecule has 0 saturated heterocycles. The highest BCUT2D eigenvalue weighted by Gasteiger charge is 1.97. The van der Waals surface area contributed by atoms with E-state index in [0.717, 1.165) is 16.5 Å². The van der Waals surface area contributed by atoms with Crippen molar-refractivity contribution in [2.45, 2.75) is 0 Å². The second kappa shape index (κ2) is 5.21. The van der Waals surface area contributed by atoms with Crippen LogP contribution in [0.1, 0.15) is 0 Å². The molecule has 0 aromatic heterocycles. The van der Waals surface area contributed by atoms with Gasteiger partial charge in [-0.15, -0.1) is 0 Å². The maximum Gasteiger partial charge on any atom is 0.404 e. The number of nitrogens with one attached hydrogen (secondary N) is 1. The molecule has 0 atom stereocenters. The highest BCUT2D eigenvalue weighted by molar-refractivity contribution is 5.83. The molecule has 0 saturated carbocycles. The molecule has 0 aliphatic heterocycles. The summed E-state index contributed by atoms with van der Waals surface area (Å²) in [4.78, 5) is 10.2. The lowest BCUT2D eigenvalue weighted by Gasteiger charge is -2.07. The largest absolute Gasteiger partial charge is 0.492 e. The molecule has 1 amide bonds. The number of fused-ring (bicyclic) bond motifs is 1. The number of carboxylic acid groups (broad SMARTS) is 1. The molecule has 0 unspecified atom stereocenters. The zero-order valence-corrected chi connectivity index (χ0v) is 9.22. The van der Waals surface area contributed by atoms with E-state index in [-0.39, 0.29) is 6.54 Å². The highest BCUT2D eigenvalue weighted by Crippen LogP contribution is 2.20. The molecule has 0 spiro atoms. The Morgan fingerprint density at radius 1 is 1.18 bits per heavy atom. The molecule has 0 radical (unpaired) electrons. The lowest BCUT2D eigenvalue weighted by molar-refractivity contribution is 0.191. The first-order chi connectivity index (χ1) is 8.25. The molecule has 4 heteroatoms. The van der Waals surface area contributed by atoms with E-state index in [1.807, 2.05) is 42.5 Å². The standard InChI is InChI=1S/C13H13NO3/c15-13(16)14-7-8-17-12-6-5-10-3-1-2-4-11(10)9-12/h1-6,9,14H,7-8H2,(H,15,16). The van der Waals surface area contributed by atoms with Gasteiger partial charge in [0.25, 0.3) is 0 Å². The zero-order valence-electron chi connectivity index (χ0n) is 9.22. The highest BCUT2D eigenvalue weighted by atomic mass is 16.5. The lowest BCUT2D eigenvalue weighted by atomic mass is 10.1. The van der Waals surface area contributed by atoms with Gasteiger partial charge in [-0.25, -0.2) is 4.79 Å². The van der Waals surface area contributed by atoms with Crippen LogP contribution in [-0.2, 0) is 0 Å². The van der Waals surface area contributed by atoms with Crippen molar-refractivity contribution < 1.29 is 14.6 Å². The van der Waals surface area contributed by atoms with Gasteiger partial charge in [-0.1, -0.05) is 30.3 Å². The molecule has 17 heavy (non-hydrogen) atoms. The van der Waals surface area contributed by atoms with Gasteiger partial charge in [-0.2, -0.15) is 0 Å². The van der Waals surface area contributed by atoms with Gasteiger partial charge in [0, 0.05) is 0 Å². The van der Waals surface area contributed by atoms with Crippen LogP contribution in [0.2, 0.25) is 0 Å². The normalized spacial score (nSPS) is 10.1. The molecule has 2 aromatic rings. The van der Waals surface area contributed by atoms with Gasteiger partial charge < -0.3 is 15.2 Å². The molecule has 2 rings (SSSR count). The van der Waals surface area contributed by atoms with Gasteiger partial charge >= 0.3 is 6.09 Å². The van der Waals surface area contributed by atoms with Crippen LogP contribution < -0.4 is 10.1 Å². The first-order valence-corrected chi connectivity index (χ1v) is 5.34. The van der Waals surface area contributed by atoms with Crippen molar-refractivity contribution in [3.8, 4) is 5.75 Å². The van der Waals surface area contributed by atoms with Gasteiger partial charge in [0.05, 0.1) is 6.54 Å². The van der Waals surface area contributed by atoms with Gasteiger partial charge in [0.15, 0.2) is 0 Å². The predicted molar refractivity (Wildman–Crippen MR) is 65.5 cm³/mol. The van der Waals surface area contributed by atoms with Gasteiger partial charge in [-0.05, 0) is 22.9 Å². The van der Waals surface area contributed by atoms with E-state index in [1.165, 1.54) is 0 Å². The molecule has 0 bridgehead atoms. The fourth-order valence-electron chi connectivity index (χ4n) is 1.58. The molecule has 88 valence electrons. The number of rotatable bonds is 4. The summed E-state index contributed by atoms with van der Waals surface area (Å²) in [6, 6.07) is 13.8. The summed E-state index contributed by atoms with van der Waals surface area (Å²) in [5.74, 6) is 0.746. The number of hydrogen-bond acceptors (Lipinski definition) is 2. The third-order valence-corrected chi connectivity index (χ3v) is 2.37. The monoisotopic (exact) mass is 231 g/mol. The summed E-state index contributed by atoms with van der Waals surface area (Å²) >= 11 is 0. The van der Waals surface area contributed by atoms with Crippen LogP contribution in [0.5, 0.6) is 5.75 Å². The third-order valence-electron chi connectivity index (χ3n) is 2.37. The zero-order chi connectivity index (χ0) is 12.1. The van der Waals surface area contributed by atoms with E-state index in [1.54, 1.807) is 0 Å². The smallest absolute Gasteiger partial charge is 0.404 e. The first-order valence-electron chi connectivity index (χ1n) is 5.34. The molecular formula is C13H13NO3. The van der Waals surface area contributed by atoms with Crippen molar-refractivity contribution >= 4 is 16.9 Å². The van der Waals surface area contributed by atoms with Gasteiger partial charge in [0.2, 0.25) is 0 Å². The molecule has 2 aromatic carbocycles. The average Bonchev–Trinajstić information content (AvgIpc) is 2.34. The second-order valence-corrected chi connectivity index (χ2v) is 3.59. The Morgan fingerprint density at radius 3 is 2.71 bits per heavy atom. The maximum absolute atomic E-state index is 10.2. The Morgan fingerprint density at radius 2 is 1.94 bits per heavy atom. The molecule has 0 fully saturated rings. The summed E-state index contributed by atoms with van der Waals surface area (Å²) in [5, 5.41) is 12.9. The van der Waals surface area contributed by atoms with E-state index < -0.39 is 6.09 Å². The minimum atomic E-state index is -1.04. The van der Waals surface area contributed by atoms with Crippen molar-refractivity contribution in [1.82, 2.24) is 5.32 Å². The van der Waals surface area contributed by atoms with Crippen molar-refractivity contribution in [3.63, 3.8) is 0 Å². The van der Waals surface area contributed by atoms with Crippen molar-refractivity contribution in [1.29, 1.82) is 0 Å². The Balaban J connectivity index is 1.97. The van der Waals surface area contributed by atoms with Crippen LogP contribution in [0.3, 0.4) is 0 Å². The minimum Gasteiger partial charge on any atom is -0.492 e. The first kappa shape index (κ1) is 11.3. The summed E-state index contributed by atoms with van der Waals surface area (Å²) in [7, 11) is 0. The molecule has 0 heterocycles. The molecule has 0 aliphatic carbocycles. The van der Waals surface area contributed by atoms with Crippen LogP contribution >= 0.6 is 0 Å². The molecule has 2 N–H and O–H groups in total. The van der Waals surface area contributed by atoms with Crippen LogP contribution in [0.15, 0.2) is 42.5 Å². The predicted octanol–water partition coefficient (Wildman–Crippen LogP) is 2.49. The van der Waals surface area contributed by atoms with Crippen molar-refractivity contribution in [2.24, 2.45) is 0 Å². The van der Waals surface area contributed by atoms with Crippen LogP contribution in [0.4, 0.5) is 4.79 Å². The molecule has 4 nitrogen and oxygen atoms in total. The number of ether oxygens (including phenoxy) is 1. The van der Waals surface area contributed by atoms with E-state index in [9.17, 15) is 4.79 Å². The van der Waals surface area contributed by atoms with E-state index >= 15 is 0 Å². The fourth-order valence-corrected chi connectivity index (χ4v) is 1.58. The topological polar surface area (TPSA) is 58.6 Å². The van der Waals surface area contributed by atoms with Crippen LogP contribution in [-0.4, -0.2) is 24.4 Å². The van der Waals surface area contributed by atoms with Gasteiger partial charge in [-0.3, -0.25) is 0 Å². The van der Waals surface area contributed by atoms with Crippen molar-refractivity contribution in [2.75, 3.05) is 13.2 Å². The Kier molecular flexibility index (Phi) is 3.45. The maximum atomic E-state index is 10.2. The quantitative estimate of drug-likeness (QED) is 0.795. The fraction of sp³-hybridized carbons (Fsp3) is 0.154. The van der Waals surface area contributed by atoms with Crippen molar-refractivity contribution in [3.05, 3.63) is 42.5 Å². The number of hydrogen-bond donors (Lipinski definition) is 2. The Labute approximate surface area is 98.8 Å². The Hall–Kier alpha value is -2.23. The summed E-state index contributed by atoms with van der Waals surface area (Å²) in [6.07, 6.45) is -1.04. The SMILES string of the molecule is O=C(O)NCCOc1ccc2ccccc2c1. The summed E-state index contributed by atoms with van der Waals surface area (Å²) in [5.41, 5.74) is 0. The number of amides is 1. The van der Waals surface area contributed by atoms with E-state index in [2.05, 4.69) is 5.32 Å². The number of benzene rings is 2. The lowest BCUT2D eigenvalue weighted by Crippen LogP contribution is -2.26. The van der Waals surface area contributed by atoms with Crippen LogP contribution in [0, 0.1) is 0 Å². The Bertz CT molecular complexity index is 525. The van der Waals surface area contributed by atoms with E-state index in [4.69, 9.17) is 9.84 Å². The minimum absolute atomic E-state index is 0.280. The third kappa shape index (κ3) is 3.11. The van der Waals surface area contributed by atoms with E-state index in [0.29, 0.717) is 6.61 Å². The van der Waals surface area contributed by atoms with Gasteiger partial charge in [0.1, 0.15) is 12.4 Å². The molecule has 0 aliphatic rings. The number of carbonyl (C=O) groups is 1.